The first-order valence-corrected chi connectivity index (χ1v) is 4.66. The van der Waals surface area contributed by atoms with Crippen LogP contribution in [0.3, 0.4) is 0 Å². The molecule has 0 heterocycles. The molecule has 94 valence electrons. The summed E-state index contributed by atoms with van der Waals surface area (Å²) in [4.78, 5) is 11.4. The summed E-state index contributed by atoms with van der Waals surface area (Å²) < 4.78 is 38.9. The molecule has 0 fully saturated rings. The molecule has 1 atom stereocenters. The van der Waals surface area contributed by atoms with E-state index in [0.29, 0.717) is 6.07 Å². The molecule has 0 saturated carbocycles. The molecule has 17 heavy (non-hydrogen) atoms. The Bertz CT molecular complexity index is 451. The van der Waals surface area contributed by atoms with Crippen LogP contribution in [0.25, 0.3) is 0 Å². The number of amides is 1. The van der Waals surface area contributed by atoms with Crippen molar-refractivity contribution in [2.24, 2.45) is 0 Å². The van der Waals surface area contributed by atoms with E-state index in [0.717, 1.165) is 0 Å². The molecule has 7 heteroatoms. The van der Waals surface area contributed by atoms with Crippen molar-refractivity contribution in [1.29, 1.82) is 0 Å². The van der Waals surface area contributed by atoms with Crippen LogP contribution in [0.5, 0.6) is 5.75 Å². The number of hydrogen-bond acceptors (Lipinski definition) is 3. The number of aliphatic hydroxyl groups excluding tert-OH is 1. The highest BCUT2D eigenvalue weighted by Gasteiger charge is 2.22. The van der Waals surface area contributed by atoms with Crippen molar-refractivity contribution in [3.8, 4) is 5.75 Å². The molecule has 0 saturated heterocycles. The second-order valence-electron chi connectivity index (χ2n) is 3.44. The van der Waals surface area contributed by atoms with Gasteiger partial charge in [-0.2, -0.15) is 4.39 Å². The summed E-state index contributed by atoms with van der Waals surface area (Å²) in [6, 6.07) is -0.346. The predicted octanol–water partition coefficient (Wildman–Crippen LogP) is 0.920. The second kappa shape index (κ2) is 5.05. The third kappa shape index (κ3) is 2.68. The fraction of sp³-hybridized carbons (Fsp3) is 0.300. The Morgan fingerprint density at radius 1 is 1.41 bits per heavy atom. The van der Waals surface area contributed by atoms with E-state index in [-0.39, 0.29) is 0 Å². The minimum absolute atomic E-state index is 0.337. The maximum Gasteiger partial charge on any atom is 0.254 e. The normalized spacial score (nSPS) is 12.3. The van der Waals surface area contributed by atoms with E-state index in [4.69, 9.17) is 10.2 Å². The molecule has 1 aromatic carbocycles. The molecule has 0 aliphatic carbocycles. The molecule has 0 aliphatic rings. The number of nitrogens with one attached hydrogen (secondary N) is 1. The van der Waals surface area contributed by atoms with Gasteiger partial charge in [-0.1, -0.05) is 0 Å². The summed E-state index contributed by atoms with van der Waals surface area (Å²) in [5.74, 6) is -7.45. The fourth-order valence-corrected chi connectivity index (χ4v) is 1.10. The lowest BCUT2D eigenvalue weighted by atomic mass is 10.1. The number of halogens is 3. The Morgan fingerprint density at radius 2 is 2.00 bits per heavy atom. The van der Waals surface area contributed by atoms with Crippen molar-refractivity contribution < 1.29 is 28.2 Å². The van der Waals surface area contributed by atoms with Crippen molar-refractivity contribution >= 4 is 5.91 Å². The summed E-state index contributed by atoms with van der Waals surface area (Å²) in [5, 5.41) is 19.7. The number of carbonyl (C=O) groups excluding carboxylic acids is 1. The Morgan fingerprint density at radius 3 is 2.53 bits per heavy atom. The number of benzene rings is 1. The van der Waals surface area contributed by atoms with Gasteiger partial charge in [-0.05, 0) is 13.0 Å². The zero-order valence-corrected chi connectivity index (χ0v) is 8.80. The molecule has 0 radical (unpaired) electrons. The lowest BCUT2D eigenvalue weighted by molar-refractivity contribution is 0.0916. The topological polar surface area (TPSA) is 69.6 Å². The molecule has 0 spiro atoms. The van der Waals surface area contributed by atoms with Gasteiger partial charge in [0.1, 0.15) is 0 Å². The van der Waals surface area contributed by atoms with Crippen LogP contribution in [0.4, 0.5) is 13.2 Å². The minimum atomic E-state index is -1.76. The average Bonchev–Trinajstić information content (AvgIpc) is 2.30. The number of phenols is 1. The van der Waals surface area contributed by atoms with Crippen LogP contribution < -0.4 is 5.32 Å². The molecule has 1 amide bonds. The average molecular weight is 249 g/mol. The first-order chi connectivity index (χ1) is 7.88. The molecule has 1 aromatic rings. The van der Waals surface area contributed by atoms with Gasteiger partial charge in [-0.25, -0.2) is 8.78 Å². The Kier molecular flexibility index (Phi) is 3.95. The third-order valence-corrected chi connectivity index (χ3v) is 2.03. The number of phenolic OH excluding ortho intramolecular Hbond substituents is 1. The summed E-state index contributed by atoms with van der Waals surface area (Å²) in [7, 11) is 0. The van der Waals surface area contributed by atoms with Crippen LogP contribution in [0.2, 0.25) is 0 Å². The van der Waals surface area contributed by atoms with Crippen LogP contribution in [0, 0.1) is 17.5 Å². The Labute approximate surface area is 94.7 Å². The number of aromatic hydroxyl groups is 1. The van der Waals surface area contributed by atoms with Crippen molar-refractivity contribution in [1.82, 2.24) is 5.32 Å². The van der Waals surface area contributed by atoms with E-state index in [2.05, 4.69) is 5.32 Å². The van der Waals surface area contributed by atoms with Gasteiger partial charge in [0.15, 0.2) is 17.4 Å². The van der Waals surface area contributed by atoms with Gasteiger partial charge in [-0.3, -0.25) is 4.79 Å². The standard InChI is InChI=1S/C10H10F3NO3/c1-4(3-15)14-10(17)5-2-6(11)8(13)9(16)7(5)12/h2,4,15-16H,3H2,1H3,(H,14,17)/t4-/m0/s1. The molecule has 4 nitrogen and oxygen atoms in total. The van der Waals surface area contributed by atoms with E-state index < -0.39 is 47.3 Å². The van der Waals surface area contributed by atoms with Crippen molar-refractivity contribution in [2.75, 3.05) is 6.61 Å². The van der Waals surface area contributed by atoms with Crippen molar-refractivity contribution in [3.05, 3.63) is 29.1 Å². The maximum absolute atomic E-state index is 13.3. The van der Waals surface area contributed by atoms with Gasteiger partial charge >= 0.3 is 0 Å². The fourth-order valence-electron chi connectivity index (χ4n) is 1.10. The molecule has 0 bridgehead atoms. The summed E-state index contributed by atoms with van der Waals surface area (Å²) in [5.41, 5.74) is -0.832. The zero-order valence-electron chi connectivity index (χ0n) is 8.80. The zero-order chi connectivity index (χ0) is 13.2. The van der Waals surface area contributed by atoms with E-state index >= 15 is 0 Å². The number of aliphatic hydroxyl groups is 1. The van der Waals surface area contributed by atoms with E-state index in [1.54, 1.807) is 0 Å². The van der Waals surface area contributed by atoms with Gasteiger partial charge in [0.2, 0.25) is 5.82 Å². The lowest BCUT2D eigenvalue weighted by Gasteiger charge is -2.12. The van der Waals surface area contributed by atoms with Gasteiger partial charge in [0.25, 0.3) is 5.91 Å². The monoisotopic (exact) mass is 249 g/mol. The lowest BCUT2D eigenvalue weighted by Crippen LogP contribution is -2.35. The first kappa shape index (κ1) is 13.3. The quantitative estimate of drug-likeness (QED) is 0.698. The largest absolute Gasteiger partial charge is 0.503 e. The Balaban J connectivity index is 3.11. The predicted molar refractivity (Wildman–Crippen MR) is 52.0 cm³/mol. The molecular weight excluding hydrogens is 239 g/mol. The smallest absolute Gasteiger partial charge is 0.254 e. The van der Waals surface area contributed by atoms with E-state index in [9.17, 15) is 18.0 Å². The maximum atomic E-state index is 13.3. The van der Waals surface area contributed by atoms with Crippen LogP contribution >= 0.6 is 0 Å². The molecule has 0 aromatic heterocycles. The summed E-state index contributed by atoms with van der Waals surface area (Å²) in [6.07, 6.45) is 0. The van der Waals surface area contributed by atoms with Crippen LogP contribution in [-0.2, 0) is 0 Å². The van der Waals surface area contributed by atoms with E-state index in [1.165, 1.54) is 6.92 Å². The van der Waals surface area contributed by atoms with E-state index in [1.807, 2.05) is 0 Å². The van der Waals surface area contributed by atoms with Gasteiger partial charge in [0.05, 0.1) is 12.2 Å². The number of carbonyl (C=O) groups is 1. The van der Waals surface area contributed by atoms with Crippen LogP contribution in [0.1, 0.15) is 17.3 Å². The van der Waals surface area contributed by atoms with Crippen LogP contribution in [-0.4, -0.2) is 28.8 Å². The molecule has 0 unspecified atom stereocenters. The third-order valence-electron chi connectivity index (χ3n) is 2.03. The summed E-state index contributed by atoms with van der Waals surface area (Å²) in [6.45, 7) is 1.03. The molecular formula is C10H10F3NO3. The highest BCUT2D eigenvalue weighted by Crippen LogP contribution is 2.25. The molecule has 0 aliphatic heterocycles. The Hall–Kier alpha value is -1.76. The minimum Gasteiger partial charge on any atom is -0.503 e. The SMILES string of the molecule is C[C@@H](CO)NC(=O)c1cc(F)c(F)c(O)c1F. The highest BCUT2D eigenvalue weighted by molar-refractivity contribution is 5.95. The van der Waals surface area contributed by atoms with Crippen LogP contribution in [0.15, 0.2) is 6.07 Å². The van der Waals surface area contributed by atoms with Gasteiger partial charge in [0, 0.05) is 6.04 Å². The number of hydrogen-bond donors (Lipinski definition) is 3. The second-order valence-corrected chi connectivity index (χ2v) is 3.44. The van der Waals surface area contributed by atoms with Gasteiger partial charge < -0.3 is 15.5 Å². The highest BCUT2D eigenvalue weighted by atomic mass is 19.2. The number of rotatable bonds is 3. The summed E-state index contributed by atoms with van der Waals surface area (Å²) >= 11 is 0. The van der Waals surface area contributed by atoms with Crippen molar-refractivity contribution in [2.45, 2.75) is 13.0 Å². The van der Waals surface area contributed by atoms with Crippen molar-refractivity contribution in [3.63, 3.8) is 0 Å². The molecule has 3 N–H and O–H groups in total. The molecule has 1 rings (SSSR count). The first-order valence-electron chi connectivity index (χ1n) is 4.66. The van der Waals surface area contributed by atoms with Gasteiger partial charge in [-0.15, -0.1) is 0 Å².